The largest absolute Gasteiger partial charge is 0.507 e. The predicted octanol–water partition coefficient (Wildman–Crippen LogP) is 2.72. The van der Waals surface area contributed by atoms with Gasteiger partial charge in [0.25, 0.3) is 5.91 Å². The van der Waals surface area contributed by atoms with Crippen LogP contribution in [0.2, 0.25) is 5.02 Å². The van der Waals surface area contributed by atoms with Gasteiger partial charge in [0.15, 0.2) is 0 Å². The third-order valence-electron chi connectivity index (χ3n) is 3.85. The second-order valence-corrected chi connectivity index (χ2v) is 6.21. The number of hydrogen-bond acceptors (Lipinski definition) is 3. The van der Waals surface area contributed by atoms with Gasteiger partial charge in [-0.2, -0.15) is 0 Å². The summed E-state index contributed by atoms with van der Waals surface area (Å²) < 4.78 is 0. The fraction of sp³-hybridized carbons (Fsp3) is 0.533. The average Bonchev–Trinajstić information content (AvgIpc) is 2.39. The van der Waals surface area contributed by atoms with Crippen molar-refractivity contribution in [2.45, 2.75) is 38.2 Å². The van der Waals surface area contributed by atoms with Crippen LogP contribution in [0, 0.1) is 5.92 Å². The Morgan fingerprint density at radius 2 is 2.30 bits per heavy atom. The molecule has 1 aliphatic rings. The summed E-state index contributed by atoms with van der Waals surface area (Å²) in [5, 5.41) is 23.2. The Labute approximate surface area is 123 Å². The molecule has 0 spiro atoms. The lowest BCUT2D eigenvalue weighted by Crippen LogP contribution is -2.45. The number of nitrogens with one attached hydrogen (secondary N) is 1. The molecule has 20 heavy (non-hydrogen) atoms. The highest BCUT2D eigenvalue weighted by molar-refractivity contribution is 6.31. The van der Waals surface area contributed by atoms with E-state index in [0.717, 1.165) is 12.8 Å². The minimum atomic E-state index is -0.846. The second-order valence-electron chi connectivity index (χ2n) is 5.77. The van der Waals surface area contributed by atoms with Crippen LogP contribution in [-0.4, -0.2) is 28.3 Å². The van der Waals surface area contributed by atoms with E-state index in [0.29, 0.717) is 23.8 Å². The second kappa shape index (κ2) is 6.02. The Kier molecular flexibility index (Phi) is 4.55. The summed E-state index contributed by atoms with van der Waals surface area (Å²) in [5.74, 6) is -0.0715. The number of carbonyl (C=O) groups is 1. The standard InChI is InChI=1S/C15H20ClNO3/c1-10-3-2-6-15(20,8-10)9-17-14(19)12-7-11(16)4-5-13(12)18/h4-5,7,10,18,20H,2-3,6,8-9H2,1H3,(H,17,19). The smallest absolute Gasteiger partial charge is 0.255 e. The summed E-state index contributed by atoms with van der Waals surface area (Å²) in [5.41, 5.74) is -0.716. The van der Waals surface area contributed by atoms with Gasteiger partial charge in [0.05, 0.1) is 11.2 Å². The summed E-state index contributed by atoms with van der Waals surface area (Å²) in [6.07, 6.45) is 3.47. The zero-order chi connectivity index (χ0) is 14.8. The lowest BCUT2D eigenvalue weighted by Gasteiger charge is -2.35. The summed E-state index contributed by atoms with van der Waals surface area (Å²) >= 11 is 5.82. The van der Waals surface area contributed by atoms with Crippen LogP contribution in [0.3, 0.4) is 0 Å². The molecule has 0 bridgehead atoms. The number of halogens is 1. The van der Waals surface area contributed by atoms with E-state index in [1.807, 2.05) is 0 Å². The Morgan fingerprint density at radius 3 is 3.00 bits per heavy atom. The summed E-state index contributed by atoms with van der Waals surface area (Å²) in [6.45, 7) is 2.30. The molecular weight excluding hydrogens is 278 g/mol. The van der Waals surface area contributed by atoms with E-state index >= 15 is 0 Å². The average molecular weight is 298 g/mol. The zero-order valence-corrected chi connectivity index (χ0v) is 12.3. The maximum Gasteiger partial charge on any atom is 0.255 e. The Hall–Kier alpha value is -1.26. The molecule has 1 aromatic rings. The van der Waals surface area contributed by atoms with Crippen LogP contribution in [0.25, 0.3) is 0 Å². The van der Waals surface area contributed by atoms with Crippen molar-refractivity contribution in [3.8, 4) is 5.75 Å². The van der Waals surface area contributed by atoms with Crippen molar-refractivity contribution in [3.63, 3.8) is 0 Å². The SMILES string of the molecule is CC1CCCC(O)(CNC(=O)c2cc(Cl)ccc2O)C1. The van der Waals surface area contributed by atoms with Crippen molar-refractivity contribution in [3.05, 3.63) is 28.8 Å². The first-order valence-electron chi connectivity index (χ1n) is 6.89. The number of phenolic OH excluding ortho intramolecular Hbond substituents is 1. The van der Waals surface area contributed by atoms with Crippen LogP contribution in [-0.2, 0) is 0 Å². The molecule has 0 aromatic heterocycles. The number of aromatic hydroxyl groups is 1. The Balaban J connectivity index is 1.99. The van der Waals surface area contributed by atoms with Gasteiger partial charge >= 0.3 is 0 Å². The summed E-state index contributed by atoms with van der Waals surface area (Å²) in [7, 11) is 0. The quantitative estimate of drug-likeness (QED) is 0.803. The molecule has 2 rings (SSSR count). The van der Waals surface area contributed by atoms with Crippen molar-refractivity contribution in [1.29, 1.82) is 0 Å². The normalized spacial score (nSPS) is 26.2. The predicted molar refractivity (Wildman–Crippen MR) is 78.0 cm³/mol. The summed E-state index contributed by atoms with van der Waals surface area (Å²) in [4.78, 5) is 12.0. The van der Waals surface area contributed by atoms with Gasteiger partial charge in [-0.1, -0.05) is 31.4 Å². The van der Waals surface area contributed by atoms with Crippen LogP contribution in [0.4, 0.5) is 0 Å². The van der Waals surface area contributed by atoms with Gasteiger partial charge in [-0.3, -0.25) is 4.79 Å². The van der Waals surface area contributed by atoms with Gasteiger partial charge in [0.1, 0.15) is 5.75 Å². The highest BCUT2D eigenvalue weighted by Gasteiger charge is 2.33. The van der Waals surface area contributed by atoms with Crippen LogP contribution in [0.15, 0.2) is 18.2 Å². The first kappa shape index (κ1) is 15.1. The van der Waals surface area contributed by atoms with Gasteiger partial charge in [-0.15, -0.1) is 0 Å². The molecule has 0 heterocycles. The molecule has 0 aliphatic heterocycles. The van der Waals surface area contributed by atoms with Crippen molar-refractivity contribution in [1.82, 2.24) is 5.32 Å². The van der Waals surface area contributed by atoms with Crippen LogP contribution >= 0.6 is 11.6 Å². The molecule has 1 fully saturated rings. The monoisotopic (exact) mass is 297 g/mol. The Morgan fingerprint density at radius 1 is 1.55 bits per heavy atom. The number of rotatable bonds is 3. The first-order valence-corrected chi connectivity index (χ1v) is 7.26. The topological polar surface area (TPSA) is 69.6 Å². The number of phenols is 1. The van der Waals surface area contributed by atoms with Crippen molar-refractivity contribution in [2.75, 3.05) is 6.54 Å². The van der Waals surface area contributed by atoms with Crippen LogP contribution < -0.4 is 5.32 Å². The molecule has 0 saturated heterocycles. The molecule has 1 amide bonds. The van der Waals surface area contributed by atoms with Crippen molar-refractivity contribution >= 4 is 17.5 Å². The summed E-state index contributed by atoms with van der Waals surface area (Å²) in [6, 6.07) is 4.32. The molecule has 1 saturated carbocycles. The molecule has 2 atom stereocenters. The molecule has 3 N–H and O–H groups in total. The van der Waals surface area contributed by atoms with Crippen LogP contribution in [0.5, 0.6) is 5.75 Å². The van der Waals surface area contributed by atoms with E-state index < -0.39 is 11.5 Å². The zero-order valence-electron chi connectivity index (χ0n) is 11.5. The molecule has 110 valence electrons. The molecule has 1 aromatic carbocycles. The molecule has 4 nitrogen and oxygen atoms in total. The van der Waals surface area contributed by atoms with Gasteiger partial charge in [0, 0.05) is 11.6 Å². The van der Waals surface area contributed by atoms with Gasteiger partial charge in [-0.25, -0.2) is 0 Å². The fourth-order valence-corrected chi connectivity index (χ4v) is 3.00. The third kappa shape index (κ3) is 3.64. The highest BCUT2D eigenvalue weighted by atomic mass is 35.5. The maximum absolute atomic E-state index is 12.0. The molecule has 2 unspecified atom stereocenters. The first-order chi connectivity index (χ1) is 9.39. The van der Waals surface area contributed by atoms with E-state index in [-0.39, 0.29) is 17.9 Å². The van der Waals surface area contributed by atoms with E-state index in [1.54, 1.807) is 0 Å². The molecule has 5 heteroatoms. The molecule has 0 radical (unpaired) electrons. The van der Waals surface area contributed by atoms with Crippen molar-refractivity contribution < 1.29 is 15.0 Å². The maximum atomic E-state index is 12.0. The minimum Gasteiger partial charge on any atom is -0.507 e. The minimum absolute atomic E-state index is 0.115. The van der Waals surface area contributed by atoms with E-state index in [1.165, 1.54) is 18.2 Å². The third-order valence-corrected chi connectivity index (χ3v) is 4.08. The number of amides is 1. The molecular formula is C15H20ClNO3. The number of hydrogen-bond donors (Lipinski definition) is 3. The van der Waals surface area contributed by atoms with Gasteiger partial charge < -0.3 is 15.5 Å². The number of aliphatic hydroxyl groups is 1. The molecule has 1 aliphatic carbocycles. The lowest BCUT2D eigenvalue weighted by molar-refractivity contribution is -0.0109. The van der Waals surface area contributed by atoms with Gasteiger partial charge in [0.2, 0.25) is 0 Å². The van der Waals surface area contributed by atoms with Gasteiger partial charge in [-0.05, 0) is 37.0 Å². The Bertz CT molecular complexity index is 506. The van der Waals surface area contributed by atoms with E-state index in [4.69, 9.17) is 11.6 Å². The lowest BCUT2D eigenvalue weighted by atomic mass is 9.79. The number of benzene rings is 1. The van der Waals surface area contributed by atoms with E-state index in [9.17, 15) is 15.0 Å². The van der Waals surface area contributed by atoms with Crippen LogP contribution in [0.1, 0.15) is 43.0 Å². The highest BCUT2D eigenvalue weighted by Crippen LogP contribution is 2.31. The van der Waals surface area contributed by atoms with Crippen molar-refractivity contribution in [2.24, 2.45) is 5.92 Å². The van der Waals surface area contributed by atoms with E-state index in [2.05, 4.69) is 12.2 Å². The number of carbonyl (C=O) groups excluding carboxylic acids is 1. The fourth-order valence-electron chi connectivity index (χ4n) is 2.82.